The van der Waals surface area contributed by atoms with Gasteiger partial charge in [-0.05, 0) is 55.3 Å². The summed E-state index contributed by atoms with van der Waals surface area (Å²) in [5.41, 5.74) is 5.36. The van der Waals surface area contributed by atoms with E-state index in [1.165, 1.54) is 0 Å². The first-order valence-electron chi connectivity index (χ1n) is 7.90. The Morgan fingerprint density at radius 3 is 2.52 bits per heavy atom. The molecular formula is C19H22ClN3O2. The summed E-state index contributed by atoms with van der Waals surface area (Å²) >= 11 is 5.91. The lowest BCUT2D eigenvalue weighted by atomic mass is 10.2. The van der Waals surface area contributed by atoms with E-state index in [1.807, 2.05) is 50.2 Å². The molecule has 1 amide bonds. The van der Waals surface area contributed by atoms with E-state index in [9.17, 15) is 4.79 Å². The maximum atomic E-state index is 12.1. The monoisotopic (exact) mass is 359 g/mol. The smallest absolute Gasteiger partial charge is 0.280 e. The third-order valence-corrected chi connectivity index (χ3v) is 3.84. The van der Waals surface area contributed by atoms with Crippen LogP contribution in [0.2, 0.25) is 5.02 Å². The molecule has 0 radical (unpaired) electrons. The van der Waals surface area contributed by atoms with E-state index in [0.29, 0.717) is 10.8 Å². The van der Waals surface area contributed by atoms with Gasteiger partial charge in [-0.25, -0.2) is 5.43 Å². The van der Waals surface area contributed by atoms with Gasteiger partial charge in [-0.15, -0.1) is 0 Å². The molecule has 0 saturated carbocycles. The van der Waals surface area contributed by atoms with Crippen LogP contribution in [0.1, 0.15) is 18.1 Å². The van der Waals surface area contributed by atoms with Gasteiger partial charge in [0.25, 0.3) is 5.91 Å². The number of hydrazone groups is 1. The van der Waals surface area contributed by atoms with Crippen molar-refractivity contribution in [1.29, 1.82) is 0 Å². The van der Waals surface area contributed by atoms with Crippen molar-refractivity contribution in [3.05, 3.63) is 58.6 Å². The van der Waals surface area contributed by atoms with E-state index in [4.69, 9.17) is 16.3 Å². The number of amides is 1. The SMILES string of the molecule is Cc1cc(Cl)ccc1OC(C)C(=O)NN=Cc1ccc(N(C)C)cc1. The van der Waals surface area contributed by atoms with E-state index in [1.54, 1.807) is 31.3 Å². The number of halogens is 1. The Morgan fingerprint density at radius 2 is 1.92 bits per heavy atom. The normalized spacial score (nSPS) is 12.0. The minimum atomic E-state index is -0.673. The van der Waals surface area contributed by atoms with Crippen molar-refractivity contribution in [3.63, 3.8) is 0 Å². The van der Waals surface area contributed by atoms with Crippen LogP contribution in [0, 0.1) is 6.92 Å². The number of nitrogens with zero attached hydrogens (tertiary/aromatic N) is 2. The number of rotatable bonds is 6. The number of aryl methyl sites for hydroxylation is 1. The molecule has 2 aromatic carbocycles. The van der Waals surface area contributed by atoms with E-state index >= 15 is 0 Å². The maximum Gasteiger partial charge on any atom is 0.280 e. The Labute approximate surface area is 153 Å². The average molecular weight is 360 g/mol. The Morgan fingerprint density at radius 1 is 1.24 bits per heavy atom. The lowest BCUT2D eigenvalue weighted by Gasteiger charge is -2.15. The van der Waals surface area contributed by atoms with E-state index in [0.717, 1.165) is 16.8 Å². The minimum Gasteiger partial charge on any atom is -0.481 e. The number of carbonyl (C=O) groups excluding carboxylic acids is 1. The molecule has 6 heteroatoms. The number of ether oxygens (including phenoxy) is 1. The number of hydrogen-bond donors (Lipinski definition) is 1. The van der Waals surface area contributed by atoms with Crippen molar-refractivity contribution in [3.8, 4) is 5.75 Å². The van der Waals surface area contributed by atoms with E-state index in [-0.39, 0.29) is 5.91 Å². The summed E-state index contributed by atoms with van der Waals surface area (Å²) in [6, 6.07) is 13.1. The Kier molecular flexibility index (Phi) is 6.42. The van der Waals surface area contributed by atoms with Gasteiger partial charge in [-0.2, -0.15) is 5.10 Å². The van der Waals surface area contributed by atoms with Gasteiger partial charge in [0.2, 0.25) is 0 Å². The molecule has 0 heterocycles. The molecule has 25 heavy (non-hydrogen) atoms. The molecule has 0 spiro atoms. The van der Waals surface area contributed by atoms with Gasteiger partial charge in [0.05, 0.1) is 6.21 Å². The van der Waals surface area contributed by atoms with Crippen molar-refractivity contribution in [1.82, 2.24) is 5.43 Å². The average Bonchev–Trinajstić information content (AvgIpc) is 2.57. The first-order valence-corrected chi connectivity index (χ1v) is 8.27. The van der Waals surface area contributed by atoms with Crippen LogP contribution >= 0.6 is 11.6 Å². The zero-order valence-corrected chi connectivity index (χ0v) is 15.5. The largest absolute Gasteiger partial charge is 0.481 e. The predicted molar refractivity (Wildman–Crippen MR) is 103 cm³/mol. The quantitative estimate of drug-likeness (QED) is 0.633. The number of anilines is 1. The molecule has 1 unspecified atom stereocenters. The third kappa shape index (κ3) is 5.50. The molecule has 0 aromatic heterocycles. The van der Waals surface area contributed by atoms with Gasteiger partial charge in [0.1, 0.15) is 5.75 Å². The van der Waals surface area contributed by atoms with Crippen LogP contribution < -0.4 is 15.1 Å². The summed E-state index contributed by atoms with van der Waals surface area (Å²) in [4.78, 5) is 14.1. The van der Waals surface area contributed by atoms with Crippen LogP contribution in [0.25, 0.3) is 0 Å². The number of carbonyl (C=O) groups is 1. The van der Waals surface area contributed by atoms with Crippen LogP contribution in [0.3, 0.4) is 0 Å². The molecule has 0 fully saturated rings. The van der Waals surface area contributed by atoms with Crippen LogP contribution in [0.4, 0.5) is 5.69 Å². The van der Waals surface area contributed by atoms with Crippen LogP contribution in [0.5, 0.6) is 5.75 Å². The lowest BCUT2D eigenvalue weighted by Crippen LogP contribution is -2.33. The highest BCUT2D eigenvalue weighted by Gasteiger charge is 2.15. The fraction of sp³-hybridized carbons (Fsp3) is 0.263. The minimum absolute atomic E-state index is 0.324. The highest BCUT2D eigenvalue weighted by atomic mass is 35.5. The van der Waals surface area contributed by atoms with Gasteiger partial charge in [0, 0.05) is 24.8 Å². The summed E-state index contributed by atoms with van der Waals surface area (Å²) in [7, 11) is 3.96. The number of hydrogen-bond acceptors (Lipinski definition) is 4. The zero-order chi connectivity index (χ0) is 18.4. The predicted octanol–water partition coefficient (Wildman–Crippen LogP) is 3.63. The topological polar surface area (TPSA) is 53.9 Å². The first kappa shape index (κ1) is 18.8. The number of benzene rings is 2. The molecule has 2 rings (SSSR count). The van der Waals surface area contributed by atoms with Crippen molar-refractivity contribution in [2.45, 2.75) is 20.0 Å². The Hall–Kier alpha value is -2.53. The highest BCUT2D eigenvalue weighted by molar-refractivity contribution is 6.30. The van der Waals surface area contributed by atoms with Crippen molar-refractivity contribution < 1.29 is 9.53 Å². The lowest BCUT2D eigenvalue weighted by molar-refractivity contribution is -0.127. The van der Waals surface area contributed by atoms with Gasteiger partial charge in [-0.1, -0.05) is 23.7 Å². The van der Waals surface area contributed by atoms with Gasteiger partial charge < -0.3 is 9.64 Å². The van der Waals surface area contributed by atoms with Crippen molar-refractivity contribution >= 4 is 29.4 Å². The molecule has 2 aromatic rings. The van der Waals surface area contributed by atoms with Crippen LogP contribution in [-0.4, -0.2) is 32.3 Å². The van der Waals surface area contributed by atoms with Gasteiger partial charge in [0.15, 0.2) is 6.10 Å². The fourth-order valence-electron chi connectivity index (χ4n) is 2.11. The molecule has 1 N–H and O–H groups in total. The highest BCUT2D eigenvalue weighted by Crippen LogP contribution is 2.22. The standard InChI is InChI=1S/C19H22ClN3O2/c1-13-11-16(20)7-10-18(13)25-14(2)19(24)22-21-12-15-5-8-17(9-6-15)23(3)4/h5-12,14H,1-4H3,(H,22,24). The van der Waals surface area contributed by atoms with Crippen molar-refractivity contribution in [2.24, 2.45) is 5.10 Å². The fourth-order valence-corrected chi connectivity index (χ4v) is 2.34. The second kappa shape index (κ2) is 8.53. The molecule has 0 aliphatic carbocycles. The summed E-state index contributed by atoms with van der Waals surface area (Å²) in [5.74, 6) is 0.297. The summed E-state index contributed by atoms with van der Waals surface area (Å²) < 4.78 is 5.66. The number of nitrogens with one attached hydrogen (secondary N) is 1. The molecule has 0 bridgehead atoms. The van der Waals surface area contributed by atoms with Gasteiger partial charge in [-0.3, -0.25) is 4.79 Å². The first-order chi connectivity index (χ1) is 11.9. The summed E-state index contributed by atoms with van der Waals surface area (Å²) in [5, 5.41) is 4.61. The van der Waals surface area contributed by atoms with Crippen LogP contribution in [-0.2, 0) is 4.79 Å². The molecule has 1 atom stereocenters. The second-order valence-corrected chi connectivity index (χ2v) is 6.33. The molecule has 0 saturated heterocycles. The molecule has 0 aliphatic rings. The van der Waals surface area contributed by atoms with Gasteiger partial charge >= 0.3 is 0 Å². The molecule has 0 aliphatic heterocycles. The second-order valence-electron chi connectivity index (χ2n) is 5.89. The van der Waals surface area contributed by atoms with Crippen LogP contribution in [0.15, 0.2) is 47.6 Å². The maximum absolute atomic E-state index is 12.1. The molecule has 132 valence electrons. The Balaban J connectivity index is 1.90. The summed E-state index contributed by atoms with van der Waals surface area (Å²) in [6.07, 6.45) is 0.922. The summed E-state index contributed by atoms with van der Waals surface area (Å²) in [6.45, 7) is 3.55. The van der Waals surface area contributed by atoms with Crippen molar-refractivity contribution in [2.75, 3.05) is 19.0 Å². The van der Waals surface area contributed by atoms with E-state index < -0.39 is 6.10 Å². The molecule has 5 nitrogen and oxygen atoms in total. The van der Waals surface area contributed by atoms with E-state index in [2.05, 4.69) is 10.5 Å². The zero-order valence-electron chi connectivity index (χ0n) is 14.8. The third-order valence-electron chi connectivity index (χ3n) is 3.61. The Bertz CT molecular complexity index is 758. The molecular weight excluding hydrogens is 338 g/mol.